The van der Waals surface area contributed by atoms with Gasteiger partial charge in [-0.15, -0.1) is 11.3 Å². The lowest BCUT2D eigenvalue weighted by Crippen LogP contribution is -3.12. The molecule has 2 atom stereocenters. The minimum Gasteiger partial charge on any atom is -0.408 e. The Morgan fingerprint density at radius 2 is 2.24 bits per heavy atom. The SMILES string of the molecule is C[C@@H]1c2ccsc2CC[NH+]1Cn1c(=O)oc2ccccc21. The molecule has 1 N–H and O–H groups in total. The van der Waals surface area contributed by atoms with Crippen LogP contribution in [0.3, 0.4) is 0 Å². The van der Waals surface area contributed by atoms with Gasteiger partial charge in [0.15, 0.2) is 12.3 Å². The number of nitrogens with zero attached hydrogens (tertiary/aromatic N) is 1. The van der Waals surface area contributed by atoms with Gasteiger partial charge in [0.05, 0.1) is 12.1 Å². The van der Waals surface area contributed by atoms with E-state index in [2.05, 4.69) is 18.4 Å². The van der Waals surface area contributed by atoms with Crippen molar-refractivity contribution in [1.29, 1.82) is 0 Å². The van der Waals surface area contributed by atoms with Crippen molar-refractivity contribution in [2.45, 2.75) is 26.1 Å². The smallest absolute Gasteiger partial charge is 0.408 e. The lowest BCUT2D eigenvalue weighted by atomic mass is 10.0. The summed E-state index contributed by atoms with van der Waals surface area (Å²) < 4.78 is 7.09. The summed E-state index contributed by atoms with van der Waals surface area (Å²) in [5.41, 5.74) is 2.99. The summed E-state index contributed by atoms with van der Waals surface area (Å²) in [5.74, 6) is -0.257. The molecule has 0 spiro atoms. The summed E-state index contributed by atoms with van der Waals surface area (Å²) in [5, 5.41) is 2.17. The molecule has 0 saturated heterocycles. The average molecular weight is 301 g/mol. The molecule has 1 unspecified atom stereocenters. The molecule has 0 radical (unpaired) electrons. The zero-order valence-electron chi connectivity index (χ0n) is 11.8. The number of nitrogens with one attached hydrogen (secondary N) is 1. The van der Waals surface area contributed by atoms with Gasteiger partial charge in [-0.2, -0.15) is 0 Å². The Kier molecular flexibility index (Phi) is 2.97. The van der Waals surface area contributed by atoms with E-state index in [-0.39, 0.29) is 5.76 Å². The molecule has 0 aliphatic carbocycles. The van der Waals surface area contributed by atoms with Crippen LogP contribution in [-0.2, 0) is 13.1 Å². The molecule has 5 heteroatoms. The van der Waals surface area contributed by atoms with Gasteiger partial charge in [0.2, 0.25) is 0 Å². The second kappa shape index (κ2) is 4.86. The van der Waals surface area contributed by atoms with E-state index in [1.54, 1.807) is 4.57 Å². The maximum absolute atomic E-state index is 12.1. The maximum atomic E-state index is 12.1. The molecule has 4 rings (SSSR count). The van der Waals surface area contributed by atoms with Gasteiger partial charge in [-0.1, -0.05) is 12.1 Å². The molecule has 0 fully saturated rings. The van der Waals surface area contributed by atoms with E-state index in [9.17, 15) is 4.79 Å². The van der Waals surface area contributed by atoms with Crippen molar-refractivity contribution < 1.29 is 9.32 Å². The fourth-order valence-corrected chi connectivity index (χ4v) is 4.21. The van der Waals surface area contributed by atoms with Gasteiger partial charge < -0.3 is 9.32 Å². The first kappa shape index (κ1) is 12.9. The summed E-state index contributed by atoms with van der Waals surface area (Å²) in [6, 6.07) is 10.3. The van der Waals surface area contributed by atoms with E-state index in [1.165, 1.54) is 15.3 Å². The maximum Gasteiger partial charge on any atom is 0.424 e. The van der Waals surface area contributed by atoms with Crippen LogP contribution >= 0.6 is 11.3 Å². The monoisotopic (exact) mass is 301 g/mol. The van der Waals surface area contributed by atoms with Crippen molar-refractivity contribution >= 4 is 22.4 Å². The van der Waals surface area contributed by atoms with E-state index in [0.29, 0.717) is 18.3 Å². The molecule has 0 saturated carbocycles. The number of hydrogen-bond donors (Lipinski definition) is 1. The first-order valence-electron chi connectivity index (χ1n) is 7.23. The Balaban J connectivity index is 1.70. The average Bonchev–Trinajstić information content (AvgIpc) is 3.07. The molecule has 3 heterocycles. The van der Waals surface area contributed by atoms with Crippen LogP contribution in [0.1, 0.15) is 23.4 Å². The van der Waals surface area contributed by atoms with Crippen molar-refractivity contribution in [2.75, 3.05) is 6.54 Å². The Morgan fingerprint density at radius 3 is 3.14 bits per heavy atom. The molecule has 0 amide bonds. The van der Waals surface area contributed by atoms with E-state index < -0.39 is 0 Å². The van der Waals surface area contributed by atoms with Crippen LogP contribution in [0.2, 0.25) is 0 Å². The second-order valence-corrected chi connectivity index (χ2v) is 6.60. The highest BCUT2D eigenvalue weighted by atomic mass is 32.1. The number of para-hydroxylation sites is 2. The van der Waals surface area contributed by atoms with Crippen molar-refractivity contribution in [1.82, 2.24) is 4.57 Å². The molecule has 3 aromatic rings. The third-order valence-electron chi connectivity index (χ3n) is 4.47. The molecule has 108 valence electrons. The van der Waals surface area contributed by atoms with Crippen LogP contribution in [0.15, 0.2) is 44.9 Å². The van der Waals surface area contributed by atoms with Crippen LogP contribution in [0, 0.1) is 0 Å². The topological polar surface area (TPSA) is 39.6 Å². The van der Waals surface area contributed by atoms with Crippen molar-refractivity contribution in [2.24, 2.45) is 0 Å². The second-order valence-electron chi connectivity index (χ2n) is 5.60. The number of thiophene rings is 1. The molecule has 0 bridgehead atoms. The minimum absolute atomic E-state index is 0.257. The van der Waals surface area contributed by atoms with Gasteiger partial charge in [0.1, 0.15) is 6.04 Å². The normalized spacial score (nSPS) is 21.6. The Labute approximate surface area is 126 Å². The number of oxazole rings is 1. The van der Waals surface area contributed by atoms with Crippen LogP contribution in [0.5, 0.6) is 0 Å². The van der Waals surface area contributed by atoms with Gasteiger partial charge in [0, 0.05) is 16.9 Å². The van der Waals surface area contributed by atoms with E-state index in [4.69, 9.17) is 4.42 Å². The van der Waals surface area contributed by atoms with Crippen LogP contribution in [0.4, 0.5) is 0 Å². The number of hydrogen-bond acceptors (Lipinski definition) is 3. The summed E-state index contributed by atoms with van der Waals surface area (Å²) in [6.07, 6.45) is 1.09. The Bertz CT molecular complexity index is 845. The number of fused-ring (bicyclic) bond motifs is 2. The number of aromatic nitrogens is 1. The molecule has 1 aromatic carbocycles. The summed E-state index contributed by atoms with van der Waals surface area (Å²) >= 11 is 1.84. The first-order valence-corrected chi connectivity index (χ1v) is 8.11. The molecular weight excluding hydrogens is 284 g/mol. The molecule has 2 aromatic heterocycles. The highest BCUT2D eigenvalue weighted by Gasteiger charge is 2.29. The van der Waals surface area contributed by atoms with Crippen LogP contribution < -0.4 is 10.7 Å². The van der Waals surface area contributed by atoms with Crippen molar-refractivity contribution in [3.63, 3.8) is 0 Å². The van der Waals surface area contributed by atoms with E-state index in [0.717, 1.165) is 18.5 Å². The van der Waals surface area contributed by atoms with Gasteiger partial charge in [-0.3, -0.25) is 0 Å². The molecule has 4 nitrogen and oxygen atoms in total. The zero-order chi connectivity index (χ0) is 14.4. The van der Waals surface area contributed by atoms with Crippen LogP contribution in [-0.4, -0.2) is 11.1 Å². The van der Waals surface area contributed by atoms with Crippen LogP contribution in [0.25, 0.3) is 11.1 Å². The summed E-state index contributed by atoms with van der Waals surface area (Å²) in [4.78, 5) is 15.0. The number of quaternary nitrogens is 1. The Hall–Kier alpha value is -1.85. The van der Waals surface area contributed by atoms with Crippen molar-refractivity contribution in [3.05, 3.63) is 56.7 Å². The van der Waals surface area contributed by atoms with Gasteiger partial charge in [0.25, 0.3) is 0 Å². The largest absolute Gasteiger partial charge is 0.424 e. The zero-order valence-corrected chi connectivity index (χ0v) is 12.7. The highest BCUT2D eigenvalue weighted by molar-refractivity contribution is 7.10. The fraction of sp³-hybridized carbons (Fsp3) is 0.312. The third-order valence-corrected chi connectivity index (χ3v) is 5.46. The predicted molar refractivity (Wildman–Crippen MR) is 82.7 cm³/mol. The van der Waals surface area contributed by atoms with Gasteiger partial charge in [-0.05, 0) is 30.5 Å². The van der Waals surface area contributed by atoms with Crippen molar-refractivity contribution in [3.8, 4) is 0 Å². The summed E-state index contributed by atoms with van der Waals surface area (Å²) in [7, 11) is 0. The highest BCUT2D eigenvalue weighted by Crippen LogP contribution is 2.24. The Morgan fingerprint density at radius 1 is 1.38 bits per heavy atom. The van der Waals surface area contributed by atoms with E-state index in [1.807, 2.05) is 35.6 Å². The number of rotatable bonds is 2. The fourth-order valence-electron chi connectivity index (χ4n) is 3.23. The van der Waals surface area contributed by atoms with Gasteiger partial charge >= 0.3 is 5.76 Å². The quantitative estimate of drug-likeness (QED) is 0.784. The standard InChI is InChI=1S/C16H16N2O2S/c1-11-12-7-9-21-15(12)6-8-17(11)10-18-13-4-2-3-5-14(13)20-16(18)19/h2-5,7,9,11H,6,8,10H2,1H3/p+1/t11-/m1/s1. The molecule has 21 heavy (non-hydrogen) atoms. The third kappa shape index (κ3) is 2.04. The molecule has 1 aliphatic rings. The molecule has 1 aliphatic heterocycles. The van der Waals surface area contributed by atoms with E-state index >= 15 is 0 Å². The minimum atomic E-state index is -0.257. The van der Waals surface area contributed by atoms with Gasteiger partial charge in [-0.25, -0.2) is 9.36 Å². The first-order chi connectivity index (χ1) is 10.2. The lowest BCUT2D eigenvalue weighted by Gasteiger charge is -2.30. The molecular formula is C16H17N2O2S+. The summed E-state index contributed by atoms with van der Waals surface area (Å²) in [6.45, 7) is 3.96. The lowest BCUT2D eigenvalue weighted by molar-refractivity contribution is -0.953. The predicted octanol–water partition coefficient (Wildman–Crippen LogP) is 1.82. The number of benzene rings is 1.